The van der Waals surface area contributed by atoms with Gasteiger partial charge in [-0.3, -0.25) is 4.79 Å². The molecular weight excluding hydrogens is 202 g/mol. The fourth-order valence-electron chi connectivity index (χ4n) is 0.774. The van der Waals surface area contributed by atoms with Crippen molar-refractivity contribution in [2.45, 2.75) is 6.43 Å². The third-order valence-corrected chi connectivity index (χ3v) is 1.73. The third kappa shape index (κ3) is 1.84. The van der Waals surface area contributed by atoms with E-state index in [1.165, 1.54) is 0 Å². The Hall–Kier alpha value is -1.41. The van der Waals surface area contributed by atoms with Crippen LogP contribution in [0.1, 0.15) is 17.8 Å². The molecule has 1 rings (SSSR count). The first kappa shape index (κ1) is 9.68. The number of aromatic amines is 1. The summed E-state index contributed by atoms with van der Waals surface area (Å²) in [6.07, 6.45) is -2.89. The van der Waals surface area contributed by atoms with Crippen molar-refractivity contribution in [3.63, 3.8) is 0 Å². The summed E-state index contributed by atoms with van der Waals surface area (Å²) in [6, 6.07) is 2.41. The Labute approximate surface area is 76.6 Å². The molecule has 0 saturated carbocycles. The van der Waals surface area contributed by atoms with Crippen molar-refractivity contribution in [2.24, 2.45) is 0 Å². The molecule has 68 valence electrons. The van der Waals surface area contributed by atoms with Crippen LogP contribution in [0.3, 0.4) is 0 Å². The van der Waals surface area contributed by atoms with Gasteiger partial charge < -0.3 is 4.98 Å². The minimum Gasteiger partial charge on any atom is -0.344 e. The molecule has 0 amide bonds. The number of nitrogens with zero attached hydrogens (tertiary/aromatic N) is 1. The van der Waals surface area contributed by atoms with Gasteiger partial charge >= 0.3 is 0 Å². The molecule has 0 aliphatic heterocycles. The second kappa shape index (κ2) is 3.54. The smallest absolute Gasteiger partial charge is 0.279 e. The number of nitrogens with one attached hydrogen (secondary N) is 1. The number of aromatic nitrogens is 1. The van der Waals surface area contributed by atoms with Crippen LogP contribution in [0.15, 0.2) is 10.9 Å². The van der Waals surface area contributed by atoms with E-state index in [-0.39, 0.29) is 5.69 Å². The van der Waals surface area contributed by atoms with Crippen molar-refractivity contribution in [3.8, 4) is 6.07 Å². The van der Waals surface area contributed by atoms with Crippen LogP contribution in [-0.2, 0) is 0 Å². The number of alkyl halides is 2. The predicted molar refractivity (Wildman–Crippen MR) is 41.7 cm³/mol. The standard InChI is InChI=1S/C7H3ClF2N2O/c8-5-4(13)1-3(2-11)12-6(5)7(9)10/h1,7H,(H,12,13). The molecular formula is C7H3ClF2N2O. The molecule has 0 atom stereocenters. The molecule has 0 aliphatic carbocycles. The zero-order valence-electron chi connectivity index (χ0n) is 6.14. The van der Waals surface area contributed by atoms with Crippen LogP contribution in [0.5, 0.6) is 0 Å². The third-order valence-electron chi connectivity index (χ3n) is 1.34. The first-order valence-electron chi connectivity index (χ1n) is 3.17. The van der Waals surface area contributed by atoms with Crippen molar-refractivity contribution in [3.05, 3.63) is 32.7 Å². The lowest BCUT2D eigenvalue weighted by atomic mass is 10.3. The van der Waals surface area contributed by atoms with Gasteiger partial charge in [0, 0.05) is 6.07 Å². The number of H-pyrrole nitrogens is 1. The largest absolute Gasteiger partial charge is 0.344 e. The molecule has 13 heavy (non-hydrogen) atoms. The maximum atomic E-state index is 12.2. The van der Waals surface area contributed by atoms with Gasteiger partial charge in [0.05, 0.1) is 0 Å². The lowest BCUT2D eigenvalue weighted by Gasteiger charge is -2.01. The zero-order chi connectivity index (χ0) is 10.0. The van der Waals surface area contributed by atoms with E-state index in [2.05, 4.69) is 4.98 Å². The van der Waals surface area contributed by atoms with E-state index in [9.17, 15) is 13.6 Å². The van der Waals surface area contributed by atoms with E-state index in [0.29, 0.717) is 0 Å². The minimum absolute atomic E-state index is 0.232. The summed E-state index contributed by atoms with van der Waals surface area (Å²) in [5.74, 6) is 0. The maximum Gasteiger partial charge on any atom is 0.279 e. The van der Waals surface area contributed by atoms with Gasteiger partial charge in [0.1, 0.15) is 22.5 Å². The number of rotatable bonds is 1. The van der Waals surface area contributed by atoms with E-state index in [4.69, 9.17) is 16.9 Å². The van der Waals surface area contributed by atoms with Gasteiger partial charge in [0.25, 0.3) is 6.43 Å². The highest BCUT2D eigenvalue weighted by molar-refractivity contribution is 6.31. The van der Waals surface area contributed by atoms with Crippen LogP contribution in [0.4, 0.5) is 8.78 Å². The van der Waals surface area contributed by atoms with Gasteiger partial charge in [0.2, 0.25) is 5.43 Å². The second-order valence-corrected chi connectivity index (χ2v) is 2.57. The molecule has 0 aromatic carbocycles. The first-order valence-corrected chi connectivity index (χ1v) is 3.55. The Morgan fingerprint density at radius 1 is 1.62 bits per heavy atom. The first-order chi connectivity index (χ1) is 6.06. The summed E-state index contributed by atoms with van der Waals surface area (Å²) >= 11 is 5.28. The number of pyridine rings is 1. The topological polar surface area (TPSA) is 56.6 Å². The van der Waals surface area contributed by atoms with Gasteiger partial charge in [0.15, 0.2) is 0 Å². The van der Waals surface area contributed by atoms with E-state index >= 15 is 0 Å². The van der Waals surface area contributed by atoms with Gasteiger partial charge in [-0.15, -0.1) is 0 Å². The number of halogens is 3. The summed E-state index contributed by atoms with van der Waals surface area (Å²) in [4.78, 5) is 12.9. The molecule has 3 nitrogen and oxygen atoms in total. The molecule has 0 aliphatic rings. The SMILES string of the molecule is N#Cc1cc(=O)c(Cl)c(C(F)F)[nH]1. The van der Waals surface area contributed by atoms with Crippen molar-refractivity contribution in [1.82, 2.24) is 4.98 Å². The van der Waals surface area contributed by atoms with Crippen molar-refractivity contribution in [1.29, 1.82) is 5.26 Å². The van der Waals surface area contributed by atoms with Crippen LogP contribution < -0.4 is 5.43 Å². The van der Waals surface area contributed by atoms with Gasteiger partial charge in [-0.1, -0.05) is 11.6 Å². The van der Waals surface area contributed by atoms with Crippen molar-refractivity contribution >= 4 is 11.6 Å². The van der Waals surface area contributed by atoms with E-state index in [1.807, 2.05) is 0 Å². The summed E-state index contributed by atoms with van der Waals surface area (Å²) in [6.45, 7) is 0. The fourth-order valence-corrected chi connectivity index (χ4v) is 0.958. The highest BCUT2D eigenvalue weighted by atomic mass is 35.5. The number of hydrogen-bond acceptors (Lipinski definition) is 2. The molecule has 6 heteroatoms. The molecule has 1 heterocycles. The monoisotopic (exact) mass is 204 g/mol. The summed E-state index contributed by atoms with van der Waals surface area (Å²) < 4.78 is 24.3. The predicted octanol–water partition coefficient (Wildman–Crippen LogP) is 1.84. The van der Waals surface area contributed by atoms with Crippen LogP contribution in [0.25, 0.3) is 0 Å². The Kier molecular flexibility index (Phi) is 2.63. The molecule has 0 radical (unpaired) electrons. The Balaban J connectivity index is 3.44. The molecule has 0 spiro atoms. The average molecular weight is 205 g/mol. The van der Waals surface area contributed by atoms with Gasteiger partial charge in [-0.05, 0) is 0 Å². The quantitative estimate of drug-likeness (QED) is 0.759. The molecule has 1 aromatic heterocycles. The Morgan fingerprint density at radius 2 is 2.23 bits per heavy atom. The van der Waals surface area contributed by atoms with Gasteiger partial charge in [-0.25, -0.2) is 8.78 Å². The van der Waals surface area contributed by atoms with Crippen LogP contribution in [-0.4, -0.2) is 4.98 Å². The summed E-state index contributed by atoms with van der Waals surface area (Å²) in [5.41, 5.74) is -1.73. The summed E-state index contributed by atoms with van der Waals surface area (Å²) in [5, 5.41) is 7.78. The van der Waals surface area contributed by atoms with E-state index in [0.717, 1.165) is 6.07 Å². The lowest BCUT2D eigenvalue weighted by Crippen LogP contribution is -2.08. The number of nitriles is 1. The lowest BCUT2D eigenvalue weighted by molar-refractivity contribution is 0.146. The Morgan fingerprint density at radius 3 is 2.69 bits per heavy atom. The fraction of sp³-hybridized carbons (Fsp3) is 0.143. The molecule has 0 bridgehead atoms. The van der Waals surface area contributed by atoms with Gasteiger partial charge in [-0.2, -0.15) is 5.26 Å². The molecule has 0 fully saturated rings. The van der Waals surface area contributed by atoms with E-state index in [1.54, 1.807) is 6.07 Å². The van der Waals surface area contributed by atoms with Crippen molar-refractivity contribution in [2.75, 3.05) is 0 Å². The molecule has 0 saturated heterocycles. The van der Waals surface area contributed by atoms with Crippen LogP contribution in [0.2, 0.25) is 5.02 Å². The maximum absolute atomic E-state index is 12.2. The highest BCUT2D eigenvalue weighted by Crippen LogP contribution is 2.21. The normalized spacial score (nSPS) is 10.1. The van der Waals surface area contributed by atoms with Crippen LogP contribution >= 0.6 is 11.6 Å². The van der Waals surface area contributed by atoms with Crippen molar-refractivity contribution < 1.29 is 8.78 Å². The Bertz CT molecular complexity index is 421. The average Bonchev–Trinajstić information content (AvgIpc) is 2.09. The minimum atomic E-state index is -2.89. The summed E-state index contributed by atoms with van der Waals surface area (Å²) in [7, 11) is 0. The molecule has 0 unspecified atom stereocenters. The molecule has 1 N–H and O–H groups in total. The second-order valence-electron chi connectivity index (χ2n) is 2.19. The molecule has 1 aromatic rings. The van der Waals surface area contributed by atoms with Crippen LogP contribution in [0, 0.1) is 11.3 Å². The highest BCUT2D eigenvalue weighted by Gasteiger charge is 2.15. The zero-order valence-corrected chi connectivity index (χ0v) is 6.90. The van der Waals surface area contributed by atoms with E-state index < -0.39 is 22.6 Å². The number of hydrogen-bond donors (Lipinski definition) is 1.